The number of likely N-dealkylation sites (tertiary alicyclic amines) is 1. The standard InChI is InChI=1S/C28H27N5/c1-20-25-12-13-31-27(25)11-10-26(20)32-28-23(17-30-18-24(28)16-29)9-8-21-4-6-22(7-5-21)19-33-14-2-3-15-33/h4-13,17-18,31H,2-3,14-15,19H2,1H3,(H,30,32)/b9-8+. The number of aromatic nitrogens is 2. The molecule has 4 aromatic rings. The van der Waals surface area contributed by atoms with E-state index < -0.39 is 0 Å². The van der Waals surface area contributed by atoms with E-state index in [2.05, 4.69) is 75.7 Å². The van der Waals surface area contributed by atoms with Gasteiger partial charge in [0.1, 0.15) is 6.07 Å². The van der Waals surface area contributed by atoms with Crippen molar-refractivity contribution in [3.8, 4) is 6.07 Å². The molecule has 0 radical (unpaired) electrons. The first-order valence-electron chi connectivity index (χ1n) is 11.4. The minimum Gasteiger partial charge on any atom is -0.361 e. The van der Waals surface area contributed by atoms with Crippen molar-refractivity contribution in [1.29, 1.82) is 5.26 Å². The average Bonchev–Trinajstić information content (AvgIpc) is 3.53. The summed E-state index contributed by atoms with van der Waals surface area (Å²) in [5.74, 6) is 0. The molecule has 5 heteroatoms. The molecule has 3 heterocycles. The molecule has 0 aliphatic carbocycles. The van der Waals surface area contributed by atoms with Crippen LogP contribution in [0.2, 0.25) is 0 Å². The Morgan fingerprint density at radius 2 is 1.88 bits per heavy atom. The number of benzene rings is 2. The van der Waals surface area contributed by atoms with Gasteiger partial charge in [0.05, 0.1) is 11.3 Å². The molecule has 1 aliphatic rings. The van der Waals surface area contributed by atoms with Crippen LogP contribution in [0.5, 0.6) is 0 Å². The fourth-order valence-corrected chi connectivity index (χ4v) is 4.50. The lowest BCUT2D eigenvalue weighted by atomic mass is 10.1. The number of aromatic amines is 1. The van der Waals surface area contributed by atoms with Crippen LogP contribution in [0.25, 0.3) is 23.1 Å². The van der Waals surface area contributed by atoms with Crippen LogP contribution in [0, 0.1) is 18.3 Å². The van der Waals surface area contributed by atoms with E-state index in [0.29, 0.717) is 5.56 Å². The second kappa shape index (κ2) is 9.32. The monoisotopic (exact) mass is 433 g/mol. The number of hydrogen-bond donors (Lipinski definition) is 2. The summed E-state index contributed by atoms with van der Waals surface area (Å²) in [7, 11) is 0. The highest BCUT2D eigenvalue weighted by Gasteiger charge is 2.12. The smallest absolute Gasteiger partial charge is 0.103 e. The van der Waals surface area contributed by atoms with Gasteiger partial charge in [0.2, 0.25) is 0 Å². The fourth-order valence-electron chi connectivity index (χ4n) is 4.50. The van der Waals surface area contributed by atoms with Crippen LogP contribution in [-0.2, 0) is 6.54 Å². The number of nitriles is 1. The molecule has 0 unspecified atom stereocenters. The summed E-state index contributed by atoms with van der Waals surface area (Å²) in [5, 5.41) is 14.4. The zero-order chi connectivity index (χ0) is 22.6. The molecule has 0 spiro atoms. The SMILES string of the molecule is Cc1c(Nc2c(C#N)cncc2/C=C/c2ccc(CN3CCCC3)cc2)ccc2[nH]ccc12. The van der Waals surface area contributed by atoms with E-state index in [1.54, 1.807) is 12.4 Å². The Bertz CT molecular complexity index is 1340. The number of aryl methyl sites for hydroxylation is 1. The summed E-state index contributed by atoms with van der Waals surface area (Å²) in [5.41, 5.74) is 7.85. The molecular weight excluding hydrogens is 406 g/mol. The van der Waals surface area contributed by atoms with E-state index in [0.717, 1.165) is 40.1 Å². The molecule has 2 aromatic heterocycles. The van der Waals surface area contributed by atoms with E-state index in [-0.39, 0.29) is 0 Å². The Balaban J connectivity index is 1.39. The van der Waals surface area contributed by atoms with Gasteiger partial charge in [-0.05, 0) is 67.7 Å². The molecule has 5 rings (SSSR count). The van der Waals surface area contributed by atoms with E-state index >= 15 is 0 Å². The van der Waals surface area contributed by atoms with Crippen LogP contribution < -0.4 is 5.32 Å². The van der Waals surface area contributed by atoms with Crippen molar-refractivity contribution in [1.82, 2.24) is 14.9 Å². The molecule has 5 nitrogen and oxygen atoms in total. The van der Waals surface area contributed by atoms with Gasteiger partial charge < -0.3 is 10.3 Å². The topological polar surface area (TPSA) is 67.7 Å². The van der Waals surface area contributed by atoms with Crippen LogP contribution >= 0.6 is 0 Å². The Kier molecular flexibility index (Phi) is 5.93. The normalized spacial score (nSPS) is 14.2. The number of nitrogens with zero attached hydrogens (tertiary/aromatic N) is 3. The van der Waals surface area contributed by atoms with E-state index in [4.69, 9.17) is 0 Å². The van der Waals surface area contributed by atoms with Crippen molar-refractivity contribution in [2.24, 2.45) is 0 Å². The molecule has 2 N–H and O–H groups in total. The zero-order valence-electron chi connectivity index (χ0n) is 18.8. The Labute approximate surface area is 194 Å². The van der Waals surface area contributed by atoms with E-state index in [1.807, 2.05) is 18.3 Å². The fraction of sp³-hybridized carbons (Fsp3) is 0.214. The van der Waals surface area contributed by atoms with Gasteiger partial charge in [0, 0.05) is 47.3 Å². The predicted octanol–water partition coefficient (Wildman–Crippen LogP) is 6.25. The summed E-state index contributed by atoms with van der Waals surface area (Å²) in [4.78, 5) is 10.0. The van der Waals surface area contributed by atoms with Gasteiger partial charge in [-0.1, -0.05) is 36.4 Å². The molecule has 33 heavy (non-hydrogen) atoms. The maximum Gasteiger partial charge on any atom is 0.103 e. The van der Waals surface area contributed by atoms with E-state index in [1.165, 1.54) is 36.9 Å². The van der Waals surface area contributed by atoms with E-state index in [9.17, 15) is 5.26 Å². The Hall–Kier alpha value is -3.88. The maximum atomic E-state index is 9.70. The molecule has 0 atom stereocenters. The molecule has 1 aliphatic heterocycles. The highest BCUT2D eigenvalue weighted by atomic mass is 15.1. The molecule has 2 aromatic carbocycles. The molecule has 0 saturated carbocycles. The van der Waals surface area contributed by atoms with Crippen LogP contribution in [0.15, 0.2) is 61.1 Å². The highest BCUT2D eigenvalue weighted by Crippen LogP contribution is 2.31. The quantitative estimate of drug-likeness (QED) is 0.377. The number of hydrogen-bond acceptors (Lipinski definition) is 4. The van der Waals surface area contributed by atoms with Crippen molar-refractivity contribution in [3.05, 3.63) is 88.9 Å². The maximum absolute atomic E-state index is 9.70. The number of fused-ring (bicyclic) bond motifs is 1. The summed E-state index contributed by atoms with van der Waals surface area (Å²) >= 11 is 0. The largest absolute Gasteiger partial charge is 0.361 e. The van der Waals surface area contributed by atoms with Gasteiger partial charge in [-0.2, -0.15) is 5.26 Å². The third kappa shape index (κ3) is 4.52. The number of anilines is 2. The van der Waals surface area contributed by atoms with Crippen LogP contribution in [0.3, 0.4) is 0 Å². The first-order valence-corrected chi connectivity index (χ1v) is 11.4. The molecule has 0 bridgehead atoms. The zero-order valence-corrected chi connectivity index (χ0v) is 18.8. The number of H-pyrrole nitrogens is 1. The first-order chi connectivity index (χ1) is 16.2. The number of rotatable bonds is 6. The molecule has 1 fully saturated rings. The summed E-state index contributed by atoms with van der Waals surface area (Å²) in [6, 6.07) is 17.2. The lowest BCUT2D eigenvalue weighted by molar-refractivity contribution is 0.331. The van der Waals surface area contributed by atoms with Gasteiger partial charge in [0.15, 0.2) is 0 Å². The summed E-state index contributed by atoms with van der Waals surface area (Å²) < 4.78 is 0. The van der Waals surface area contributed by atoms with Gasteiger partial charge in [-0.15, -0.1) is 0 Å². The van der Waals surface area contributed by atoms with Crippen molar-refractivity contribution in [3.63, 3.8) is 0 Å². The van der Waals surface area contributed by atoms with Crippen LogP contribution in [-0.4, -0.2) is 28.0 Å². The second-order valence-corrected chi connectivity index (χ2v) is 8.62. The van der Waals surface area contributed by atoms with Crippen molar-refractivity contribution in [2.75, 3.05) is 18.4 Å². The van der Waals surface area contributed by atoms with Gasteiger partial charge in [0.25, 0.3) is 0 Å². The third-order valence-electron chi connectivity index (χ3n) is 6.40. The minimum absolute atomic E-state index is 0.520. The first kappa shape index (κ1) is 21.0. The Morgan fingerprint density at radius 1 is 1.06 bits per heavy atom. The van der Waals surface area contributed by atoms with Gasteiger partial charge in [-0.25, -0.2) is 0 Å². The van der Waals surface area contributed by atoms with Crippen molar-refractivity contribution >= 4 is 34.4 Å². The third-order valence-corrected chi connectivity index (χ3v) is 6.40. The predicted molar refractivity (Wildman–Crippen MR) is 135 cm³/mol. The lowest BCUT2D eigenvalue weighted by Gasteiger charge is -2.14. The molecule has 164 valence electrons. The number of pyridine rings is 1. The van der Waals surface area contributed by atoms with Crippen LogP contribution in [0.1, 0.15) is 40.7 Å². The summed E-state index contributed by atoms with van der Waals surface area (Å²) in [6.45, 7) is 5.52. The molecular formula is C28H27N5. The molecule has 0 amide bonds. The van der Waals surface area contributed by atoms with Gasteiger partial charge >= 0.3 is 0 Å². The lowest BCUT2D eigenvalue weighted by Crippen LogP contribution is -2.18. The van der Waals surface area contributed by atoms with Crippen LogP contribution in [0.4, 0.5) is 11.4 Å². The van der Waals surface area contributed by atoms with Crippen molar-refractivity contribution < 1.29 is 0 Å². The van der Waals surface area contributed by atoms with Gasteiger partial charge in [-0.3, -0.25) is 9.88 Å². The average molecular weight is 434 g/mol. The second-order valence-electron chi connectivity index (χ2n) is 8.62. The van der Waals surface area contributed by atoms with Crippen molar-refractivity contribution in [2.45, 2.75) is 26.3 Å². The number of nitrogens with one attached hydrogen (secondary N) is 2. The summed E-state index contributed by atoms with van der Waals surface area (Å²) in [6.07, 6.45) is 12.1. The molecule has 1 saturated heterocycles. The minimum atomic E-state index is 0.520. The highest BCUT2D eigenvalue weighted by molar-refractivity contribution is 5.90. The Morgan fingerprint density at radius 3 is 2.67 bits per heavy atom.